The number of nitrogens with zero attached hydrogens (tertiary/aromatic N) is 1. The first-order chi connectivity index (χ1) is 7.38. The normalized spacial score (nSPS) is 12.2. The molecule has 2 nitrogen and oxygen atoms in total. The summed E-state index contributed by atoms with van der Waals surface area (Å²) in [5, 5.41) is -0.0104. The standard InChI is InChI=1S/C9H6BrF3N2S/c10-5-2-1-3-15-7(5)4-6(14)8(15)16-9(11,12)13/h1-4H,14H2. The third kappa shape index (κ3) is 2.15. The molecule has 2 aromatic rings. The van der Waals surface area contributed by atoms with Gasteiger partial charge in [0.1, 0.15) is 5.03 Å². The highest BCUT2D eigenvalue weighted by atomic mass is 79.9. The van der Waals surface area contributed by atoms with Crippen LogP contribution in [0.15, 0.2) is 33.9 Å². The molecule has 0 aliphatic carbocycles. The van der Waals surface area contributed by atoms with Crippen LogP contribution in [0.5, 0.6) is 0 Å². The quantitative estimate of drug-likeness (QED) is 0.810. The van der Waals surface area contributed by atoms with E-state index in [0.717, 1.165) is 0 Å². The molecular weight excluding hydrogens is 305 g/mol. The SMILES string of the molecule is Nc1cc2c(Br)cccn2c1SC(F)(F)F. The van der Waals surface area contributed by atoms with Gasteiger partial charge in [-0.15, -0.1) is 0 Å². The molecule has 86 valence electrons. The van der Waals surface area contributed by atoms with Crippen molar-refractivity contribution in [3.05, 3.63) is 28.9 Å². The Morgan fingerprint density at radius 3 is 2.69 bits per heavy atom. The summed E-state index contributed by atoms with van der Waals surface area (Å²) in [7, 11) is 0. The van der Waals surface area contributed by atoms with E-state index in [4.69, 9.17) is 5.73 Å². The van der Waals surface area contributed by atoms with Crippen molar-refractivity contribution in [2.75, 3.05) is 5.73 Å². The van der Waals surface area contributed by atoms with Gasteiger partial charge in [0.2, 0.25) is 0 Å². The summed E-state index contributed by atoms with van der Waals surface area (Å²) in [5.41, 5.74) is 1.96. The van der Waals surface area contributed by atoms with Gasteiger partial charge >= 0.3 is 5.51 Å². The Hall–Kier alpha value is -0.820. The molecule has 0 atom stereocenters. The Kier molecular flexibility index (Phi) is 2.83. The fourth-order valence-electron chi connectivity index (χ4n) is 1.38. The lowest BCUT2D eigenvalue weighted by Gasteiger charge is -2.07. The van der Waals surface area contributed by atoms with Crippen LogP contribution in [0, 0.1) is 0 Å². The molecule has 2 aromatic heterocycles. The van der Waals surface area contributed by atoms with Crippen LogP contribution in [0.1, 0.15) is 0 Å². The number of halogens is 4. The molecule has 2 N–H and O–H groups in total. The van der Waals surface area contributed by atoms with E-state index in [1.54, 1.807) is 18.3 Å². The smallest absolute Gasteiger partial charge is 0.397 e. The molecule has 0 fully saturated rings. The second kappa shape index (κ2) is 3.89. The van der Waals surface area contributed by atoms with Crippen LogP contribution in [-0.2, 0) is 0 Å². The molecule has 0 bridgehead atoms. The van der Waals surface area contributed by atoms with Crippen molar-refractivity contribution in [3.8, 4) is 0 Å². The zero-order valence-electron chi connectivity index (χ0n) is 7.75. The van der Waals surface area contributed by atoms with Crippen molar-refractivity contribution in [2.24, 2.45) is 0 Å². The van der Waals surface area contributed by atoms with Gasteiger partial charge in [-0.1, -0.05) is 0 Å². The minimum absolute atomic E-state index is 0.0104. The number of alkyl halides is 3. The van der Waals surface area contributed by atoms with Gasteiger partial charge < -0.3 is 10.1 Å². The molecule has 0 aliphatic heterocycles. The molecular formula is C9H6BrF3N2S. The molecule has 0 unspecified atom stereocenters. The zero-order chi connectivity index (χ0) is 11.9. The van der Waals surface area contributed by atoms with Crippen LogP contribution >= 0.6 is 27.7 Å². The fraction of sp³-hybridized carbons (Fsp3) is 0.111. The average Bonchev–Trinajstić information content (AvgIpc) is 2.44. The monoisotopic (exact) mass is 310 g/mol. The number of fused-ring (bicyclic) bond motifs is 1. The lowest BCUT2D eigenvalue weighted by Crippen LogP contribution is -2.02. The van der Waals surface area contributed by atoms with Crippen LogP contribution in [0.2, 0.25) is 0 Å². The molecule has 16 heavy (non-hydrogen) atoms. The van der Waals surface area contributed by atoms with Crippen LogP contribution in [0.25, 0.3) is 5.52 Å². The first-order valence-electron chi connectivity index (χ1n) is 4.19. The Balaban J connectivity index is 2.61. The third-order valence-electron chi connectivity index (χ3n) is 1.95. The Bertz CT molecular complexity index is 535. The second-order valence-corrected chi connectivity index (χ2v) is 4.97. The molecule has 0 amide bonds. The van der Waals surface area contributed by atoms with Crippen molar-refractivity contribution >= 4 is 38.9 Å². The van der Waals surface area contributed by atoms with Crippen molar-refractivity contribution in [1.82, 2.24) is 4.40 Å². The predicted molar refractivity (Wildman–Crippen MR) is 61.4 cm³/mol. The molecule has 7 heteroatoms. The molecule has 0 aromatic carbocycles. The van der Waals surface area contributed by atoms with E-state index in [1.165, 1.54) is 10.5 Å². The topological polar surface area (TPSA) is 30.4 Å². The molecule has 2 heterocycles. The Morgan fingerprint density at radius 1 is 1.38 bits per heavy atom. The first kappa shape index (κ1) is 11.7. The maximum Gasteiger partial charge on any atom is 0.447 e. The first-order valence-corrected chi connectivity index (χ1v) is 5.80. The molecule has 0 saturated heterocycles. The lowest BCUT2D eigenvalue weighted by molar-refractivity contribution is -0.0329. The van der Waals surface area contributed by atoms with Gasteiger partial charge in [-0.25, -0.2) is 0 Å². The number of hydrogen-bond acceptors (Lipinski definition) is 2. The highest BCUT2D eigenvalue weighted by Gasteiger charge is 2.32. The summed E-state index contributed by atoms with van der Waals surface area (Å²) in [5.74, 6) is 0. The van der Waals surface area contributed by atoms with Gasteiger partial charge in [0, 0.05) is 22.4 Å². The summed E-state index contributed by atoms with van der Waals surface area (Å²) in [6.45, 7) is 0. The van der Waals surface area contributed by atoms with Crippen LogP contribution in [0.4, 0.5) is 18.9 Å². The zero-order valence-corrected chi connectivity index (χ0v) is 10.2. The van der Waals surface area contributed by atoms with Crippen molar-refractivity contribution < 1.29 is 13.2 Å². The van der Waals surface area contributed by atoms with E-state index in [2.05, 4.69) is 15.9 Å². The van der Waals surface area contributed by atoms with E-state index in [-0.39, 0.29) is 22.5 Å². The molecule has 0 spiro atoms. The predicted octanol–water partition coefficient (Wildman–Crippen LogP) is 3.90. The number of anilines is 1. The number of hydrogen-bond donors (Lipinski definition) is 1. The average molecular weight is 311 g/mol. The highest BCUT2D eigenvalue weighted by Crippen LogP contribution is 2.41. The van der Waals surface area contributed by atoms with Gasteiger partial charge in [0.05, 0.1) is 11.2 Å². The van der Waals surface area contributed by atoms with Gasteiger partial charge in [-0.3, -0.25) is 0 Å². The number of rotatable bonds is 1. The van der Waals surface area contributed by atoms with Gasteiger partial charge in [-0.05, 0) is 34.1 Å². The molecule has 0 saturated carbocycles. The Labute approximate surface area is 102 Å². The number of aromatic nitrogens is 1. The van der Waals surface area contributed by atoms with Crippen LogP contribution < -0.4 is 5.73 Å². The number of nitrogen functional groups attached to an aromatic ring is 1. The molecule has 0 radical (unpaired) electrons. The van der Waals surface area contributed by atoms with Gasteiger partial charge in [0.15, 0.2) is 0 Å². The minimum atomic E-state index is -4.34. The molecule has 0 aliphatic rings. The summed E-state index contributed by atoms with van der Waals surface area (Å²) in [6.07, 6.45) is 1.55. The van der Waals surface area contributed by atoms with Crippen molar-refractivity contribution in [2.45, 2.75) is 10.5 Å². The number of pyridine rings is 1. The van der Waals surface area contributed by atoms with E-state index in [9.17, 15) is 13.2 Å². The third-order valence-corrected chi connectivity index (χ3v) is 3.48. The lowest BCUT2D eigenvalue weighted by atomic mass is 10.4. The fourth-order valence-corrected chi connectivity index (χ4v) is 2.49. The van der Waals surface area contributed by atoms with Crippen molar-refractivity contribution in [3.63, 3.8) is 0 Å². The highest BCUT2D eigenvalue weighted by molar-refractivity contribution is 9.10. The van der Waals surface area contributed by atoms with E-state index < -0.39 is 5.51 Å². The maximum absolute atomic E-state index is 12.3. The van der Waals surface area contributed by atoms with Crippen molar-refractivity contribution in [1.29, 1.82) is 0 Å². The van der Waals surface area contributed by atoms with E-state index in [1.807, 2.05) is 0 Å². The summed E-state index contributed by atoms with van der Waals surface area (Å²) >= 11 is 3.05. The van der Waals surface area contributed by atoms with Gasteiger partial charge in [-0.2, -0.15) is 13.2 Å². The van der Waals surface area contributed by atoms with Crippen LogP contribution in [0.3, 0.4) is 0 Å². The van der Waals surface area contributed by atoms with Gasteiger partial charge in [0.25, 0.3) is 0 Å². The van der Waals surface area contributed by atoms with E-state index >= 15 is 0 Å². The number of thioether (sulfide) groups is 1. The Morgan fingerprint density at radius 2 is 2.06 bits per heavy atom. The van der Waals surface area contributed by atoms with Crippen LogP contribution in [-0.4, -0.2) is 9.91 Å². The summed E-state index contributed by atoms with van der Waals surface area (Å²) < 4.78 is 39.0. The minimum Gasteiger partial charge on any atom is -0.397 e. The summed E-state index contributed by atoms with van der Waals surface area (Å²) in [4.78, 5) is 0. The second-order valence-electron chi connectivity index (χ2n) is 3.06. The maximum atomic E-state index is 12.3. The summed E-state index contributed by atoms with van der Waals surface area (Å²) in [6, 6.07) is 4.91. The van der Waals surface area contributed by atoms with E-state index in [0.29, 0.717) is 9.99 Å². The molecule has 2 rings (SSSR count). The number of nitrogens with two attached hydrogens (primary N) is 1. The largest absolute Gasteiger partial charge is 0.447 e.